The number of nitrogens with one attached hydrogen (secondary N) is 1. The maximum Gasteiger partial charge on any atom is 0.136 e. The van der Waals surface area contributed by atoms with Crippen LogP contribution in [0.15, 0.2) is 22.7 Å². The summed E-state index contributed by atoms with van der Waals surface area (Å²) in [5.74, 6) is -0.292. The molecule has 0 aliphatic rings. The van der Waals surface area contributed by atoms with Crippen LogP contribution < -0.4 is 4.72 Å². The third-order valence-corrected chi connectivity index (χ3v) is 4.44. The van der Waals surface area contributed by atoms with Crippen molar-refractivity contribution in [3.63, 3.8) is 0 Å². The Labute approximate surface area is 113 Å². The molecule has 2 nitrogen and oxygen atoms in total. The first kappa shape index (κ1) is 15.0. The Balaban J connectivity index is 2.83. The highest BCUT2D eigenvalue weighted by Gasteiger charge is 2.29. The van der Waals surface area contributed by atoms with E-state index in [0.717, 1.165) is 4.47 Å². The normalized spacial score (nSPS) is 15.7. The van der Waals surface area contributed by atoms with Crippen LogP contribution >= 0.6 is 15.9 Å². The zero-order chi connectivity index (χ0) is 13.2. The highest BCUT2D eigenvalue weighted by Crippen LogP contribution is 2.24. The molecule has 1 N–H and O–H groups in total. The molecule has 0 heterocycles. The zero-order valence-corrected chi connectivity index (χ0v) is 12.8. The molecule has 0 aliphatic carbocycles. The second kappa shape index (κ2) is 5.69. The van der Waals surface area contributed by atoms with E-state index in [-0.39, 0.29) is 16.6 Å². The standard InChI is InChI=1S/C12H17BrFNOS/c1-8(15-17(16)12(2,3)4)10-7-9(13)5-6-11(10)14/h5-8,15H,1-4H3/t8-,17+/m1/s1. The fourth-order valence-electron chi connectivity index (χ4n) is 1.25. The Morgan fingerprint density at radius 3 is 2.53 bits per heavy atom. The van der Waals surface area contributed by atoms with Gasteiger partial charge < -0.3 is 4.55 Å². The SMILES string of the molecule is C[C@@H](N[S@@+]([O-])C(C)(C)C)c1cc(Br)ccc1F. The smallest absolute Gasteiger partial charge is 0.136 e. The van der Waals surface area contributed by atoms with Gasteiger partial charge in [0.2, 0.25) is 0 Å². The Morgan fingerprint density at radius 2 is 2.00 bits per heavy atom. The van der Waals surface area contributed by atoms with Crippen molar-refractivity contribution < 1.29 is 8.94 Å². The van der Waals surface area contributed by atoms with Gasteiger partial charge in [-0.25, -0.2) is 4.39 Å². The van der Waals surface area contributed by atoms with Crippen LogP contribution in [0.1, 0.15) is 39.3 Å². The molecule has 5 heteroatoms. The molecule has 0 unspecified atom stereocenters. The van der Waals surface area contributed by atoms with E-state index < -0.39 is 11.4 Å². The second-order valence-electron chi connectivity index (χ2n) is 4.89. The van der Waals surface area contributed by atoms with Crippen LogP contribution in [0.25, 0.3) is 0 Å². The highest BCUT2D eigenvalue weighted by atomic mass is 79.9. The molecule has 0 radical (unpaired) electrons. The molecule has 0 saturated heterocycles. The quantitative estimate of drug-likeness (QED) is 0.861. The lowest BCUT2D eigenvalue weighted by molar-refractivity contribution is 0.522. The Morgan fingerprint density at radius 1 is 1.41 bits per heavy atom. The van der Waals surface area contributed by atoms with Gasteiger partial charge in [-0.3, -0.25) is 0 Å². The van der Waals surface area contributed by atoms with Gasteiger partial charge in [0, 0.05) is 21.4 Å². The molecule has 17 heavy (non-hydrogen) atoms. The number of hydrogen-bond acceptors (Lipinski definition) is 2. The Kier molecular flexibility index (Phi) is 5.01. The lowest BCUT2D eigenvalue weighted by Crippen LogP contribution is -2.40. The molecule has 1 aromatic carbocycles. The fraction of sp³-hybridized carbons (Fsp3) is 0.500. The van der Waals surface area contributed by atoms with E-state index >= 15 is 0 Å². The van der Waals surface area contributed by atoms with Crippen LogP contribution in [0.2, 0.25) is 0 Å². The van der Waals surface area contributed by atoms with Crippen LogP contribution in [0.3, 0.4) is 0 Å². The highest BCUT2D eigenvalue weighted by molar-refractivity contribution is 9.10. The van der Waals surface area contributed by atoms with Gasteiger partial charge in [-0.05, 0) is 45.9 Å². The summed E-state index contributed by atoms with van der Waals surface area (Å²) in [4.78, 5) is 0. The van der Waals surface area contributed by atoms with Crippen molar-refractivity contribution in [2.45, 2.75) is 38.5 Å². The van der Waals surface area contributed by atoms with E-state index in [1.807, 2.05) is 20.8 Å². The van der Waals surface area contributed by atoms with Gasteiger partial charge in [-0.1, -0.05) is 15.9 Å². The molecular formula is C12H17BrFNOS. The van der Waals surface area contributed by atoms with Gasteiger partial charge >= 0.3 is 0 Å². The van der Waals surface area contributed by atoms with E-state index in [9.17, 15) is 8.94 Å². The van der Waals surface area contributed by atoms with Gasteiger partial charge in [-0.15, -0.1) is 4.72 Å². The molecular weight excluding hydrogens is 305 g/mol. The van der Waals surface area contributed by atoms with Crippen LogP contribution in [0, 0.1) is 5.82 Å². The minimum Gasteiger partial charge on any atom is -0.598 e. The fourth-order valence-corrected chi connectivity index (χ4v) is 2.43. The van der Waals surface area contributed by atoms with Gasteiger partial charge in [0.25, 0.3) is 0 Å². The summed E-state index contributed by atoms with van der Waals surface area (Å²) in [5.41, 5.74) is 0.511. The molecule has 0 fully saturated rings. The van der Waals surface area contributed by atoms with Crippen molar-refractivity contribution in [1.29, 1.82) is 0 Å². The summed E-state index contributed by atoms with van der Waals surface area (Å²) in [7, 11) is 0. The number of halogens is 2. The average molecular weight is 322 g/mol. The van der Waals surface area contributed by atoms with Crippen LogP contribution in [0.4, 0.5) is 4.39 Å². The van der Waals surface area contributed by atoms with Crippen molar-refractivity contribution in [1.82, 2.24) is 4.72 Å². The van der Waals surface area contributed by atoms with E-state index in [0.29, 0.717) is 5.56 Å². The van der Waals surface area contributed by atoms with Crippen molar-refractivity contribution in [2.75, 3.05) is 0 Å². The largest absolute Gasteiger partial charge is 0.598 e. The summed E-state index contributed by atoms with van der Waals surface area (Å²) < 4.78 is 28.9. The molecule has 0 aromatic heterocycles. The molecule has 0 bridgehead atoms. The van der Waals surface area contributed by atoms with Gasteiger partial charge in [-0.2, -0.15) is 0 Å². The second-order valence-corrected chi connectivity index (χ2v) is 7.80. The average Bonchev–Trinajstić information content (AvgIpc) is 2.20. The van der Waals surface area contributed by atoms with Crippen molar-refractivity contribution >= 4 is 27.3 Å². The first-order chi connectivity index (χ1) is 7.71. The van der Waals surface area contributed by atoms with Crippen LogP contribution in [0.5, 0.6) is 0 Å². The van der Waals surface area contributed by atoms with Crippen molar-refractivity contribution in [3.05, 3.63) is 34.1 Å². The molecule has 0 amide bonds. The first-order valence-corrected chi connectivity index (χ1v) is 7.29. The lowest BCUT2D eigenvalue weighted by atomic mass is 10.1. The predicted octanol–water partition coefficient (Wildman–Crippen LogP) is 3.70. The van der Waals surface area contributed by atoms with E-state index in [1.165, 1.54) is 6.07 Å². The van der Waals surface area contributed by atoms with Gasteiger partial charge in [0.1, 0.15) is 10.6 Å². The Hall–Kier alpha value is -0.100. The molecule has 96 valence electrons. The summed E-state index contributed by atoms with van der Waals surface area (Å²) in [6, 6.07) is 4.45. The minimum absolute atomic E-state index is 0.292. The van der Waals surface area contributed by atoms with E-state index in [4.69, 9.17) is 0 Å². The maximum absolute atomic E-state index is 13.6. The molecule has 0 aliphatic heterocycles. The third-order valence-electron chi connectivity index (χ3n) is 2.26. The Bertz CT molecular complexity index is 395. The molecule has 1 aromatic rings. The van der Waals surface area contributed by atoms with Crippen LogP contribution in [-0.2, 0) is 11.4 Å². The molecule has 0 saturated carbocycles. The number of benzene rings is 1. The molecule has 1 rings (SSSR count). The van der Waals surface area contributed by atoms with Gasteiger partial charge in [0.15, 0.2) is 0 Å². The maximum atomic E-state index is 13.6. The number of rotatable bonds is 3. The summed E-state index contributed by atoms with van der Waals surface area (Å²) >= 11 is 2.09. The van der Waals surface area contributed by atoms with Gasteiger partial charge in [0.05, 0.1) is 6.04 Å². The summed E-state index contributed by atoms with van der Waals surface area (Å²) in [6.07, 6.45) is 0. The van der Waals surface area contributed by atoms with Crippen molar-refractivity contribution in [2.24, 2.45) is 0 Å². The van der Waals surface area contributed by atoms with E-state index in [2.05, 4.69) is 20.7 Å². The molecule has 0 spiro atoms. The molecule has 2 atom stereocenters. The van der Waals surface area contributed by atoms with Crippen LogP contribution in [-0.4, -0.2) is 9.30 Å². The summed E-state index contributed by atoms with van der Waals surface area (Å²) in [6.45, 7) is 7.43. The predicted molar refractivity (Wildman–Crippen MR) is 73.5 cm³/mol. The third kappa shape index (κ3) is 4.25. The first-order valence-electron chi connectivity index (χ1n) is 5.35. The van der Waals surface area contributed by atoms with E-state index in [1.54, 1.807) is 19.1 Å². The zero-order valence-electron chi connectivity index (χ0n) is 10.4. The van der Waals surface area contributed by atoms with Crippen molar-refractivity contribution in [3.8, 4) is 0 Å². The summed E-state index contributed by atoms with van der Waals surface area (Å²) in [5, 5.41) is 0. The lowest BCUT2D eigenvalue weighted by Gasteiger charge is -2.26. The monoisotopic (exact) mass is 321 g/mol. The minimum atomic E-state index is -1.21. The number of hydrogen-bond donors (Lipinski definition) is 1. The topological polar surface area (TPSA) is 35.1 Å².